The van der Waals surface area contributed by atoms with Crippen LogP contribution >= 0.6 is 12.2 Å². The second kappa shape index (κ2) is 9.73. The molecule has 13 heteroatoms. The van der Waals surface area contributed by atoms with Gasteiger partial charge in [0, 0.05) is 39.3 Å². The standard InChI is InChI=1S/C22H26N4O6S3/c27-34(28,18-4-2-1-3-5-18)24-10-8-23(9-11-24)17-26-20-16-19(6-7-21(20)32-22(26)33)35(29,30)25-12-14-31-15-13-25/h1-7,16H,8-15,17H2. The Balaban J connectivity index is 1.34. The van der Waals surface area contributed by atoms with Gasteiger partial charge in [0.25, 0.3) is 4.84 Å². The van der Waals surface area contributed by atoms with Crippen molar-refractivity contribution in [2.45, 2.75) is 16.5 Å². The van der Waals surface area contributed by atoms with E-state index in [2.05, 4.69) is 4.90 Å². The maximum absolute atomic E-state index is 13.1. The van der Waals surface area contributed by atoms with Gasteiger partial charge >= 0.3 is 0 Å². The molecule has 0 saturated carbocycles. The Kier molecular flexibility index (Phi) is 6.83. The topological polar surface area (TPSA) is 105 Å². The lowest BCUT2D eigenvalue weighted by atomic mass is 10.3. The molecular formula is C22H26N4O6S3. The van der Waals surface area contributed by atoms with Crippen LogP contribution in [0.15, 0.2) is 62.7 Å². The maximum Gasteiger partial charge on any atom is 0.270 e. The minimum absolute atomic E-state index is 0.176. The first-order valence-electron chi connectivity index (χ1n) is 11.3. The lowest BCUT2D eigenvalue weighted by Gasteiger charge is -2.34. The fourth-order valence-electron chi connectivity index (χ4n) is 4.33. The summed E-state index contributed by atoms with van der Waals surface area (Å²) in [7, 11) is -7.21. The Morgan fingerprint density at radius 3 is 2.09 bits per heavy atom. The number of nitrogens with zero attached hydrogens (tertiary/aromatic N) is 4. The van der Waals surface area contributed by atoms with Crippen molar-refractivity contribution in [3.8, 4) is 0 Å². The summed E-state index contributed by atoms with van der Waals surface area (Å²) in [6.45, 7) is 3.44. The van der Waals surface area contributed by atoms with Crippen LogP contribution in [-0.2, 0) is 31.5 Å². The third-order valence-electron chi connectivity index (χ3n) is 6.30. The van der Waals surface area contributed by atoms with E-state index in [1.165, 1.54) is 14.7 Å². The Morgan fingerprint density at radius 2 is 1.40 bits per heavy atom. The van der Waals surface area contributed by atoms with Gasteiger partial charge in [-0.05, 0) is 42.5 Å². The molecule has 0 atom stereocenters. The van der Waals surface area contributed by atoms with Gasteiger partial charge in [-0.3, -0.25) is 9.47 Å². The minimum atomic E-state index is -3.67. The second-order valence-electron chi connectivity index (χ2n) is 8.42. The molecule has 10 nitrogen and oxygen atoms in total. The first-order chi connectivity index (χ1) is 16.8. The number of hydrogen-bond donors (Lipinski definition) is 0. The summed E-state index contributed by atoms with van der Waals surface area (Å²) in [6, 6.07) is 13.2. The molecule has 0 unspecified atom stereocenters. The van der Waals surface area contributed by atoms with Crippen LogP contribution in [0.4, 0.5) is 0 Å². The first kappa shape index (κ1) is 24.6. The summed E-state index contributed by atoms with van der Waals surface area (Å²) in [5.74, 6) is 0. The highest BCUT2D eigenvalue weighted by Crippen LogP contribution is 2.25. The SMILES string of the molecule is O=S(=O)(c1ccc2oc(=S)n(CN3CCN(S(=O)(=O)c4ccccc4)CC3)c2c1)N1CCOCC1. The van der Waals surface area contributed by atoms with Crippen molar-refractivity contribution in [2.75, 3.05) is 52.5 Å². The number of fused-ring (bicyclic) bond motifs is 1. The number of aromatic nitrogens is 1. The third-order valence-corrected chi connectivity index (χ3v) is 10.4. The summed E-state index contributed by atoms with van der Waals surface area (Å²) >= 11 is 5.42. The van der Waals surface area contributed by atoms with Gasteiger partial charge in [-0.25, -0.2) is 16.8 Å². The van der Waals surface area contributed by atoms with E-state index in [0.717, 1.165) is 0 Å². The van der Waals surface area contributed by atoms with Crippen molar-refractivity contribution in [1.29, 1.82) is 0 Å². The molecule has 0 N–H and O–H groups in total. The zero-order valence-electron chi connectivity index (χ0n) is 18.9. The lowest BCUT2D eigenvalue weighted by Crippen LogP contribution is -2.48. The fraction of sp³-hybridized carbons (Fsp3) is 0.409. The molecule has 2 fully saturated rings. The van der Waals surface area contributed by atoms with Crippen molar-refractivity contribution in [3.63, 3.8) is 0 Å². The zero-order valence-corrected chi connectivity index (χ0v) is 21.4. The number of morpholine rings is 1. The summed E-state index contributed by atoms with van der Waals surface area (Å²) in [6.07, 6.45) is 0. The van der Waals surface area contributed by atoms with E-state index in [9.17, 15) is 16.8 Å². The summed E-state index contributed by atoms with van der Waals surface area (Å²) in [4.78, 5) is 2.77. The highest BCUT2D eigenvalue weighted by atomic mass is 32.2. The van der Waals surface area contributed by atoms with Crippen LogP contribution in [0.5, 0.6) is 0 Å². The fourth-order valence-corrected chi connectivity index (χ4v) is 7.44. The highest BCUT2D eigenvalue weighted by molar-refractivity contribution is 7.89. The van der Waals surface area contributed by atoms with Crippen LogP contribution in [0.3, 0.4) is 0 Å². The van der Waals surface area contributed by atoms with E-state index in [1.54, 1.807) is 47.0 Å². The number of hydrogen-bond acceptors (Lipinski definition) is 8. The molecule has 2 aromatic carbocycles. The molecule has 2 aliphatic rings. The molecule has 1 aromatic heterocycles. The number of oxazole rings is 1. The average Bonchev–Trinajstić information content (AvgIpc) is 3.19. The number of piperazine rings is 1. The van der Waals surface area contributed by atoms with E-state index in [4.69, 9.17) is 21.4 Å². The Labute approximate surface area is 209 Å². The molecule has 3 aromatic rings. The number of ether oxygens (including phenoxy) is 1. The molecule has 35 heavy (non-hydrogen) atoms. The molecule has 2 saturated heterocycles. The zero-order chi connectivity index (χ0) is 24.6. The molecule has 2 aliphatic heterocycles. The summed E-state index contributed by atoms with van der Waals surface area (Å²) < 4.78 is 67.7. The first-order valence-corrected chi connectivity index (χ1v) is 14.5. The van der Waals surface area contributed by atoms with Gasteiger partial charge in [0.15, 0.2) is 5.58 Å². The van der Waals surface area contributed by atoms with E-state index in [1.807, 2.05) is 0 Å². The van der Waals surface area contributed by atoms with Crippen molar-refractivity contribution in [1.82, 2.24) is 18.1 Å². The largest absolute Gasteiger partial charge is 0.429 e. The van der Waals surface area contributed by atoms with E-state index in [0.29, 0.717) is 70.3 Å². The van der Waals surface area contributed by atoms with Gasteiger partial charge in [0.05, 0.1) is 35.2 Å². The predicted molar refractivity (Wildman–Crippen MR) is 131 cm³/mol. The highest BCUT2D eigenvalue weighted by Gasteiger charge is 2.30. The molecule has 0 amide bonds. The molecular weight excluding hydrogens is 512 g/mol. The predicted octanol–water partition coefficient (Wildman–Crippen LogP) is 1.95. The minimum Gasteiger partial charge on any atom is -0.429 e. The van der Waals surface area contributed by atoms with Crippen molar-refractivity contribution in [3.05, 3.63) is 53.4 Å². The Morgan fingerprint density at radius 1 is 0.771 bits per heavy atom. The van der Waals surface area contributed by atoms with E-state index in [-0.39, 0.29) is 14.6 Å². The van der Waals surface area contributed by atoms with Gasteiger partial charge in [-0.2, -0.15) is 8.61 Å². The lowest BCUT2D eigenvalue weighted by molar-refractivity contribution is 0.0730. The van der Waals surface area contributed by atoms with Gasteiger partial charge < -0.3 is 9.15 Å². The molecule has 3 heterocycles. The molecule has 0 spiro atoms. The van der Waals surface area contributed by atoms with Crippen molar-refractivity contribution < 1.29 is 26.0 Å². The number of rotatable bonds is 6. The van der Waals surface area contributed by atoms with Crippen LogP contribution in [-0.4, -0.2) is 87.4 Å². The van der Waals surface area contributed by atoms with E-state index >= 15 is 0 Å². The Bertz CT molecular complexity index is 1470. The van der Waals surface area contributed by atoms with Gasteiger partial charge in [0.1, 0.15) is 0 Å². The van der Waals surface area contributed by atoms with Crippen LogP contribution in [0.2, 0.25) is 0 Å². The number of benzene rings is 2. The molecule has 188 valence electrons. The monoisotopic (exact) mass is 538 g/mol. The van der Waals surface area contributed by atoms with Crippen LogP contribution in [0.25, 0.3) is 11.1 Å². The number of sulfonamides is 2. The maximum atomic E-state index is 13.1. The molecule has 5 rings (SSSR count). The van der Waals surface area contributed by atoms with E-state index < -0.39 is 20.0 Å². The molecule has 0 radical (unpaired) electrons. The van der Waals surface area contributed by atoms with Gasteiger partial charge in [-0.1, -0.05) is 18.2 Å². The van der Waals surface area contributed by atoms with Crippen LogP contribution in [0, 0.1) is 4.84 Å². The van der Waals surface area contributed by atoms with Gasteiger partial charge in [-0.15, -0.1) is 0 Å². The molecule has 0 bridgehead atoms. The quantitative estimate of drug-likeness (QED) is 0.439. The van der Waals surface area contributed by atoms with Crippen LogP contribution < -0.4 is 0 Å². The third kappa shape index (κ3) is 4.81. The van der Waals surface area contributed by atoms with Gasteiger partial charge in [0.2, 0.25) is 20.0 Å². The van der Waals surface area contributed by atoms with Crippen molar-refractivity contribution >= 4 is 43.4 Å². The average molecular weight is 539 g/mol. The summed E-state index contributed by atoms with van der Waals surface area (Å²) in [5, 5.41) is 0. The summed E-state index contributed by atoms with van der Waals surface area (Å²) in [5.41, 5.74) is 1.09. The van der Waals surface area contributed by atoms with Crippen molar-refractivity contribution in [2.24, 2.45) is 0 Å². The molecule has 0 aliphatic carbocycles. The smallest absolute Gasteiger partial charge is 0.270 e. The Hall–Kier alpha value is -2.13. The van der Waals surface area contributed by atoms with Crippen LogP contribution in [0.1, 0.15) is 0 Å². The second-order valence-corrected chi connectivity index (χ2v) is 12.6. The normalized spacial score (nSPS) is 19.3.